The van der Waals surface area contributed by atoms with Gasteiger partial charge in [-0.2, -0.15) is 5.10 Å². The summed E-state index contributed by atoms with van der Waals surface area (Å²) in [6, 6.07) is 3.83. The lowest BCUT2D eigenvalue weighted by molar-refractivity contribution is -0.128. The summed E-state index contributed by atoms with van der Waals surface area (Å²) in [6.45, 7) is 4.07. The first kappa shape index (κ1) is 15.3. The maximum Gasteiger partial charge on any atom is 0.259 e. The zero-order chi connectivity index (χ0) is 16.4. The molecular weight excluding hydrogens is 294 g/mol. The normalized spacial score (nSPS) is 15.6. The number of carbonyl (C=O) groups excluding carboxylic acids is 2. The highest BCUT2D eigenvalue weighted by Gasteiger charge is 2.25. The number of hydrogen-bond acceptors (Lipinski definition) is 3. The van der Waals surface area contributed by atoms with Crippen LogP contribution in [0.5, 0.6) is 0 Å². The minimum atomic E-state index is -0.0350. The topological polar surface area (TPSA) is 63.4 Å². The lowest BCUT2D eigenvalue weighted by atomic mass is 10.2. The van der Waals surface area contributed by atoms with Crippen molar-refractivity contribution in [2.45, 2.75) is 13.3 Å². The van der Waals surface area contributed by atoms with Crippen molar-refractivity contribution in [1.82, 2.24) is 24.1 Å². The maximum atomic E-state index is 12.9. The van der Waals surface area contributed by atoms with Gasteiger partial charge in [-0.05, 0) is 18.6 Å². The predicted molar refractivity (Wildman–Crippen MR) is 85.3 cm³/mol. The molecule has 3 rings (SSSR count). The molecule has 0 aliphatic carbocycles. The van der Waals surface area contributed by atoms with Gasteiger partial charge in [0.1, 0.15) is 11.4 Å². The second-order valence-electron chi connectivity index (χ2n) is 5.75. The molecule has 7 nitrogen and oxygen atoms in total. The molecule has 122 valence electrons. The van der Waals surface area contributed by atoms with Crippen molar-refractivity contribution in [3.05, 3.63) is 36.3 Å². The van der Waals surface area contributed by atoms with Gasteiger partial charge in [0.2, 0.25) is 5.91 Å². The molecule has 2 amide bonds. The Morgan fingerprint density at radius 2 is 1.70 bits per heavy atom. The van der Waals surface area contributed by atoms with Crippen LogP contribution in [0.3, 0.4) is 0 Å². The second-order valence-corrected chi connectivity index (χ2v) is 5.75. The average molecular weight is 315 g/mol. The van der Waals surface area contributed by atoms with Crippen LogP contribution in [0.1, 0.15) is 23.7 Å². The van der Waals surface area contributed by atoms with E-state index in [0.717, 1.165) is 12.2 Å². The summed E-state index contributed by atoms with van der Waals surface area (Å²) in [5, 5.41) is 4.24. The molecule has 1 fully saturated rings. The van der Waals surface area contributed by atoms with E-state index in [1.165, 1.54) is 0 Å². The van der Waals surface area contributed by atoms with Crippen LogP contribution in [0.25, 0.3) is 5.82 Å². The van der Waals surface area contributed by atoms with Gasteiger partial charge in [0, 0.05) is 52.5 Å². The van der Waals surface area contributed by atoms with E-state index in [0.29, 0.717) is 31.7 Å². The van der Waals surface area contributed by atoms with E-state index < -0.39 is 0 Å². The summed E-state index contributed by atoms with van der Waals surface area (Å²) >= 11 is 0. The van der Waals surface area contributed by atoms with Crippen LogP contribution in [0.15, 0.2) is 30.7 Å². The van der Waals surface area contributed by atoms with E-state index in [1.54, 1.807) is 22.7 Å². The van der Waals surface area contributed by atoms with Crippen molar-refractivity contribution in [3.8, 4) is 5.82 Å². The van der Waals surface area contributed by atoms with Crippen molar-refractivity contribution in [2.24, 2.45) is 7.05 Å². The van der Waals surface area contributed by atoms with Crippen LogP contribution in [-0.4, -0.2) is 62.1 Å². The molecule has 0 spiro atoms. The molecule has 2 aromatic rings. The van der Waals surface area contributed by atoms with Crippen molar-refractivity contribution in [1.29, 1.82) is 0 Å². The van der Waals surface area contributed by atoms with Crippen LogP contribution in [0, 0.1) is 0 Å². The summed E-state index contributed by atoms with van der Waals surface area (Å²) in [5.74, 6) is 0.786. The number of nitrogens with zero attached hydrogens (tertiary/aromatic N) is 5. The maximum absolute atomic E-state index is 12.9. The van der Waals surface area contributed by atoms with Crippen molar-refractivity contribution in [2.75, 3.05) is 26.2 Å². The SMILES string of the molecule is CC(=O)N1CCCN(C(=O)c2cnn(C)c2-n2cccc2)CC1. The van der Waals surface area contributed by atoms with E-state index in [1.807, 2.05) is 41.0 Å². The van der Waals surface area contributed by atoms with E-state index in [2.05, 4.69) is 5.10 Å². The third-order valence-corrected chi connectivity index (χ3v) is 4.22. The summed E-state index contributed by atoms with van der Waals surface area (Å²) in [7, 11) is 1.83. The summed E-state index contributed by atoms with van der Waals surface area (Å²) in [5.41, 5.74) is 0.583. The van der Waals surface area contributed by atoms with Crippen molar-refractivity contribution < 1.29 is 9.59 Å². The molecule has 1 aliphatic heterocycles. The number of hydrogen-bond donors (Lipinski definition) is 0. The number of carbonyl (C=O) groups is 2. The fourth-order valence-corrected chi connectivity index (χ4v) is 2.97. The first-order chi connectivity index (χ1) is 11.1. The molecule has 0 unspecified atom stereocenters. The zero-order valence-corrected chi connectivity index (χ0v) is 13.5. The summed E-state index contributed by atoms with van der Waals surface area (Å²) < 4.78 is 3.59. The summed E-state index contributed by atoms with van der Waals surface area (Å²) in [4.78, 5) is 28.0. The fourth-order valence-electron chi connectivity index (χ4n) is 2.97. The molecule has 1 saturated heterocycles. The number of rotatable bonds is 2. The van der Waals surface area contributed by atoms with Crippen LogP contribution in [0.2, 0.25) is 0 Å². The van der Waals surface area contributed by atoms with Gasteiger partial charge in [0.05, 0.1) is 6.20 Å². The van der Waals surface area contributed by atoms with Gasteiger partial charge in [-0.1, -0.05) is 0 Å². The van der Waals surface area contributed by atoms with Crippen LogP contribution >= 0.6 is 0 Å². The van der Waals surface area contributed by atoms with Gasteiger partial charge in [0.25, 0.3) is 5.91 Å². The Morgan fingerprint density at radius 3 is 2.39 bits per heavy atom. The molecule has 0 N–H and O–H groups in total. The smallest absolute Gasteiger partial charge is 0.259 e. The van der Waals surface area contributed by atoms with Gasteiger partial charge in [-0.15, -0.1) is 0 Å². The highest BCUT2D eigenvalue weighted by molar-refractivity contribution is 5.97. The Labute approximate surface area is 135 Å². The number of amides is 2. The van der Waals surface area contributed by atoms with Gasteiger partial charge < -0.3 is 14.4 Å². The van der Waals surface area contributed by atoms with Crippen LogP contribution < -0.4 is 0 Å². The first-order valence-electron chi connectivity index (χ1n) is 7.78. The van der Waals surface area contributed by atoms with Crippen LogP contribution in [0.4, 0.5) is 0 Å². The van der Waals surface area contributed by atoms with Crippen LogP contribution in [-0.2, 0) is 11.8 Å². The molecule has 0 aromatic carbocycles. The third kappa shape index (κ3) is 2.99. The van der Waals surface area contributed by atoms with Gasteiger partial charge in [-0.3, -0.25) is 14.3 Å². The molecule has 0 atom stereocenters. The molecular formula is C16H21N5O2. The predicted octanol–water partition coefficient (Wildman–Crippen LogP) is 0.905. The monoisotopic (exact) mass is 315 g/mol. The standard InChI is InChI=1S/C16H21N5O2/c1-13(22)19-8-5-9-21(11-10-19)16(23)14-12-17-18(2)15(14)20-6-3-4-7-20/h3-4,6-7,12H,5,8-11H2,1-2H3. The Morgan fingerprint density at radius 1 is 1.04 bits per heavy atom. The fraction of sp³-hybridized carbons (Fsp3) is 0.438. The molecule has 0 bridgehead atoms. The van der Waals surface area contributed by atoms with E-state index >= 15 is 0 Å². The Hall–Kier alpha value is -2.57. The highest BCUT2D eigenvalue weighted by Crippen LogP contribution is 2.17. The Bertz CT molecular complexity index is 704. The largest absolute Gasteiger partial charge is 0.341 e. The zero-order valence-electron chi connectivity index (χ0n) is 13.5. The second kappa shape index (κ2) is 6.28. The van der Waals surface area contributed by atoms with Gasteiger partial charge >= 0.3 is 0 Å². The lowest BCUT2D eigenvalue weighted by Crippen LogP contribution is -2.36. The molecule has 2 aromatic heterocycles. The minimum absolute atomic E-state index is 0.0350. The molecule has 0 radical (unpaired) electrons. The first-order valence-corrected chi connectivity index (χ1v) is 7.78. The molecule has 1 aliphatic rings. The van der Waals surface area contributed by atoms with E-state index in [9.17, 15) is 9.59 Å². The molecule has 0 saturated carbocycles. The van der Waals surface area contributed by atoms with Crippen molar-refractivity contribution >= 4 is 11.8 Å². The number of aryl methyl sites for hydroxylation is 1. The number of aromatic nitrogens is 3. The molecule has 7 heteroatoms. The van der Waals surface area contributed by atoms with Gasteiger partial charge in [0.15, 0.2) is 0 Å². The van der Waals surface area contributed by atoms with Gasteiger partial charge in [-0.25, -0.2) is 0 Å². The quantitative estimate of drug-likeness (QED) is 0.827. The van der Waals surface area contributed by atoms with E-state index in [4.69, 9.17) is 0 Å². The summed E-state index contributed by atoms with van der Waals surface area (Å²) in [6.07, 6.45) is 6.21. The molecule has 23 heavy (non-hydrogen) atoms. The highest BCUT2D eigenvalue weighted by atomic mass is 16.2. The lowest BCUT2D eigenvalue weighted by Gasteiger charge is -2.21. The Kier molecular flexibility index (Phi) is 4.18. The average Bonchev–Trinajstić information content (AvgIpc) is 3.09. The van der Waals surface area contributed by atoms with E-state index in [-0.39, 0.29) is 11.8 Å². The molecule has 3 heterocycles. The Balaban J connectivity index is 1.83. The van der Waals surface area contributed by atoms with Crippen molar-refractivity contribution in [3.63, 3.8) is 0 Å². The minimum Gasteiger partial charge on any atom is -0.341 e. The third-order valence-electron chi connectivity index (χ3n) is 4.22.